The standard InChI is InChI=1S/C8H11ClN2O2/c1-3-13-8(12)6-11(2)5-7(9)4-10/h5H,3,6H2,1-2H3/b7-5+. The molecule has 4 nitrogen and oxygen atoms in total. The molecule has 0 aliphatic rings. The van der Waals surface area contributed by atoms with Crippen molar-refractivity contribution in [1.29, 1.82) is 5.26 Å². The molecule has 0 radical (unpaired) electrons. The number of likely N-dealkylation sites (N-methyl/N-ethyl adjacent to an activating group) is 1. The Morgan fingerprint density at radius 1 is 1.77 bits per heavy atom. The van der Waals surface area contributed by atoms with Crippen molar-refractivity contribution in [1.82, 2.24) is 4.90 Å². The summed E-state index contributed by atoms with van der Waals surface area (Å²) in [6.45, 7) is 2.17. The minimum atomic E-state index is -0.344. The molecule has 0 aromatic heterocycles. The Morgan fingerprint density at radius 2 is 2.38 bits per heavy atom. The molecule has 5 heteroatoms. The number of nitrogens with zero attached hydrogens (tertiary/aromatic N) is 2. The van der Waals surface area contributed by atoms with Gasteiger partial charge in [-0.1, -0.05) is 11.6 Å². The average Bonchev–Trinajstić information content (AvgIpc) is 2.04. The molecule has 0 aromatic rings. The highest BCUT2D eigenvalue weighted by Gasteiger charge is 2.03. The second kappa shape index (κ2) is 6.32. The van der Waals surface area contributed by atoms with E-state index in [4.69, 9.17) is 21.6 Å². The van der Waals surface area contributed by atoms with Crippen LogP contribution >= 0.6 is 11.6 Å². The normalized spacial score (nSPS) is 10.5. The summed E-state index contributed by atoms with van der Waals surface area (Å²) >= 11 is 5.43. The van der Waals surface area contributed by atoms with Crippen LogP contribution in [0.1, 0.15) is 6.92 Å². The van der Waals surface area contributed by atoms with Gasteiger partial charge in [0.25, 0.3) is 0 Å². The van der Waals surface area contributed by atoms with Crippen molar-refractivity contribution in [3.8, 4) is 6.07 Å². The molecule has 13 heavy (non-hydrogen) atoms. The number of halogens is 1. The predicted octanol–water partition coefficient (Wildman–Crippen LogP) is 1.09. The number of esters is 1. The SMILES string of the molecule is CCOC(=O)CN(C)/C=C(/Cl)C#N. The Bertz CT molecular complexity index is 245. The first-order valence-electron chi connectivity index (χ1n) is 3.73. The van der Waals surface area contributed by atoms with E-state index in [2.05, 4.69) is 0 Å². The Kier molecular flexibility index (Phi) is 5.73. The van der Waals surface area contributed by atoms with Crippen molar-refractivity contribution < 1.29 is 9.53 Å². The fourth-order valence-electron chi connectivity index (χ4n) is 0.678. The summed E-state index contributed by atoms with van der Waals surface area (Å²) < 4.78 is 4.69. The van der Waals surface area contributed by atoms with E-state index in [1.54, 1.807) is 20.0 Å². The van der Waals surface area contributed by atoms with E-state index in [9.17, 15) is 4.79 Å². The molecule has 0 N–H and O–H groups in total. The van der Waals surface area contributed by atoms with Gasteiger partial charge in [0.2, 0.25) is 0 Å². The van der Waals surface area contributed by atoms with Crippen molar-refractivity contribution in [2.24, 2.45) is 0 Å². The molecular weight excluding hydrogens is 192 g/mol. The van der Waals surface area contributed by atoms with Gasteiger partial charge >= 0.3 is 5.97 Å². The summed E-state index contributed by atoms with van der Waals surface area (Å²) in [7, 11) is 1.64. The van der Waals surface area contributed by atoms with Gasteiger partial charge in [-0.25, -0.2) is 0 Å². The van der Waals surface area contributed by atoms with E-state index in [1.165, 1.54) is 11.1 Å². The summed E-state index contributed by atoms with van der Waals surface area (Å²) in [6.07, 6.45) is 1.37. The fraction of sp³-hybridized carbons (Fsp3) is 0.500. The lowest BCUT2D eigenvalue weighted by Crippen LogP contribution is -2.23. The van der Waals surface area contributed by atoms with Gasteiger partial charge in [-0.2, -0.15) is 5.26 Å². The molecule has 0 fully saturated rings. The number of rotatable bonds is 4. The lowest BCUT2D eigenvalue weighted by Gasteiger charge is -2.11. The fourth-order valence-corrected chi connectivity index (χ4v) is 0.845. The van der Waals surface area contributed by atoms with Crippen LogP contribution in [0.4, 0.5) is 0 Å². The van der Waals surface area contributed by atoms with Gasteiger partial charge in [0.05, 0.1) is 6.61 Å². The topological polar surface area (TPSA) is 53.3 Å². The third-order valence-corrected chi connectivity index (χ3v) is 1.31. The Balaban J connectivity index is 3.95. The van der Waals surface area contributed by atoms with E-state index in [-0.39, 0.29) is 17.5 Å². The summed E-state index contributed by atoms with van der Waals surface area (Å²) in [5.41, 5.74) is 0. The molecule has 0 rings (SSSR count). The highest BCUT2D eigenvalue weighted by Crippen LogP contribution is 1.99. The zero-order valence-electron chi connectivity index (χ0n) is 7.58. The molecule has 0 atom stereocenters. The largest absolute Gasteiger partial charge is 0.465 e. The van der Waals surface area contributed by atoms with Crippen molar-refractivity contribution in [2.45, 2.75) is 6.92 Å². The van der Waals surface area contributed by atoms with Crippen LogP contribution in [-0.4, -0.2) is 31.1 Å². The summed E-state index contributed by atoms with van der Waals surface area (Å²) in [4.78, 5) is 12.4. The van der Waals surface area contributed by atoms with Gasteiger partial charge in [0, 0.05) is 13.2 Å². The monoisotopic (exact) mass is 202 g/mol. The zero-order chi connectivity index (χ0) is 10.3. The Labute approximate surface area is 82.3 Å². The van der Waals surface area contributed by atoms with Crippen LogP contribution in [0, 0.1) is 11.3 Å². The lowest BCUT2D eigenvalue weighted by atomic mass is 10.5. The van der Waals surface area contributed by atoms with Crippen molar-refractivity contribution in [3.05, 3.63) is 11.2 Å². The number of carbonyl (C=O) groups excluding carboxylic acids is 1. The van der Waals surface area contributed by atoms with E-state index in [1.807, 2.05) is 0 Å². The Morgan fingerprint density at radius 3 is 2.85 bits per heavy atom. The maximum atomic E-state index is 10.9. The number of hydrogen-bond donors (Lipinski definition) is 0. The van der Waals surface area contributed by atoms with Crippen LogP contribution in [0.2, 0.25) is 0 Å². The molecular formula is C8H11ClN2O2. The van der Waals surface area contributed by atoms with Crippen molar-refractivity contribution in [2.75, 3.05) is 20.2 Å². The molecule has 0 saturated carbocycles. The third kappa shape index (κ3) is 6.00. The molecule has 0 saturated heterocycles. The number of nitriles is 1. The van der Waals surface area contributed by atoms with Crippen LogP contribution in [0.5, 0.6) is 0 Å². The molecule has 72 valence electrons. The average molecular weight is 203 g/mol. The molecule has 0 aliphatic heterocycles. The molecule has 0 spiro atoms. The highest BCUT2D eigenvalue weighted by atomic mass is 35.5. The van der Waals surface area contributed by atoms with Gasteiger partial charge in [0.1, 0.15) is 17.6 Å². The first kappa shape index (κ1) is 11.8. The van der Waals surface area contributed by atoms with Crippen LogP contribution in [-0.2, 0) is 9.53 Å². The van der Waals surface area contributed by atoms with Gasteiger partial charge in [-0.05, 0) is 6.92 Å². The predicted molar refractivity (Wildman–Crippen MR) is 48.8 cm³/mol. The van der Waals surface area contributed by atoms with Crippen LogP contribution in [0.15, 0.2) is 11.2 Å². The Hall–Kier alpha value is -1.21. The van der Waals surface area contributed by atoms with Gasteiger partial charge in [0.15, 0.2) is 0 Å². The van der Waals surface area contributed by atoms with Crippen LogP contribution < -0.4 is 0 Å². The second-order valence-electron chi connectivity index (χ2n) is 2.31. The maximum absolute atomic E-state index is 10.9. The van der Waals surface area contributed by atoms with Gasteiger partial charge < -0.3 is 9.64 Å². The number of hydrogen-bond acceptors (Lipinski definition) is 4. The van der Waals surface area contributed by atoms with E-state index in [0.717, 1.165) is 0 Å². The number of carbonyl (C=O) groups is 1. The minimum Gasteiger partial charge on any atom is -0.465 e. The van der Waals surface area contributed by atoms with E-state index >= 15 is 0 Å². The van der Waals surface area contributed by atoms with Crippen molar-refractivity contribution in [3.63, 3.8) is 0 Å². The smallest absolute Gasteiger partial charge is 0.325 e. The second-order valence-corrected chi connectivity index (χ2v) is 2.72. The summed E-state index contributed by atoms with van der Waals surface area (Å²) in [6, 6.07) is 1.73. The maximum Gasteiger partial charge on any atom is 0.325 e. The first-order valence-corrected chi connectivity index (χ1v) is 4.11. The minimum absolute atomic E-state index is 0.0341. The third-order valence-electron chi connectivity index (χ3n) is 1.12. The molecule has 0 bridgehead atoms. The molecule has 0 amide bonds. The number of allylic oxidation sites excluding steroid dienone is 1. The van der Waals surface area contributed by atoms with E-state index < -0.39 is 0 Å². The summed E-state index contributed by atoms with van der Waals surface area (Å²) in [5.74, 6) is -0.344. The van der Waals surface area contributed by atoms with E-state index in [0.29, 0.717) is 6.61 Å². The highest BCUT2D eigenvalue weighted by molar-refractivity contribution is 6.31. The van der Waals surface area contributed by atoms with Crippen LogP contribution in [0.25, 0.3) is 0 Å². The molecule has 0 aliphatic carbocycles. The quantitative estimate of drug-likeness (QED) is 0.506. The molecule has 0 aromatic carbocycles. The summed E-state index contributed by atoms with van der Waals surface area (Å²) in [5, 5.41) is 8.36. The van der Waals surface area contributed by atoms with Gasteiger partial charge in [-0.3, -0.25) is 4.79 Å². The first-order chi connectivity index (χ1) is 6.10. The van der Waals surface area contributed by atoms with Crippen molar-refractivity contribution >= 4 is 17.6 Å². The zero-order valence-corrected chi connectivity index (χ0v) is 8.34. The van der Waals surface area contributed by atoms with Gasteiger partial charge in [-0.15, -0.1) is 0 Å². The molecule has 0 heterocycles. The molecule has 0 unspecified atom stereocenters. The van der Waals surface area contributed by atoms with Crippen LogP contribution in [0.3, 0.4) is 0 Å². The lowest BCUT2D eigenvalue weighted by molar-refractivity contribution is -0.143. The number of ether oxygens (including phenoxy) is 1.